The Kier molecular flexibility index (Phi) is 6.35. The molecule has 0 saturated heterocycles. The van der Waals surface area contributed by atoms with Crippen LogP contribution in [0.4, 0.5) is 13.2 Å². The van der Waals surface area contributed by atoms with E-state index in [2.05, 4.69) is 4.72 Å². The molecular weight excluding hydrogens is 331 g/mol. The Morgan fingerprint density at radius 1 is 1.22 bits per heavy atom. The van der Waals surface area contributed by atoms with Crippen molar-refractivity contribution in [2.75, 3.05) is 6.61 Å². The van der Waals surface area contributed by atoms with Crippen molar-refractivity contribution in [1.82, 2.24) is 4.72 Å². The summed E-state index contributed by atoms with van der Waals surface area (Å²) in [4.78, 5) is 12.0. The Balaban J connectivity index is 3.09. The minimum Gasteiger partial charge on any atom is -0.465 e. The number of hydrogen-bond donors (Lipinski definition) is 1. The van der Waals surface area contributed by atoms with E-state index >= 15 is 0 Å². The second-order valence-corrected chi connectivity index (χ2v) is 7.80. The van der Waals surface area contributed by atoms with Crippen molar-refractivity contribution >= 4 is 17.0 Å². The molecular formula is C15H20F3NO3S. The summed E-state index contributed by atoms with van der Waals surface area (Å²) in [6.45, 7) is 6.86. The predicted molar refractivity (Wildman–Crippen MR) is 81.8 cm³/mol. The van der Waals surface area contributed by atoms with Crippen molar-refractivity contribution in [1.29, 1.82) is 0 Å². The van der Waals surface area contributed by atoms with E-state index in [1.807, 2.05) is 0 Å². The van der Waals surface area contributed by atoms with Crippen molar-refractivity contribution in [3.8, 4) is 0 Å². The summed E-state index contributed by atoms with van der Waals surface area (Å²) in [5, 5.41) is 0. The van der Waals surface area contributed by atoms with Gasteiger partial charge in [0, 0.05) is 0 Å². The first-order chi connectivity index (χ1) is 10.5. The molecule has 0 aliphatic heterocycles. The van der Waals surface area contributed by atoms with Crippen molar-refractivity contribution in [2.45, 2.75) is 44.7 Å². The lowest BCUT2D eigenvalue weighted by Gasteiger charge is -2.23. The van der Waals surface area contributed by atoms with Crippen LogP contribution < -0.4 is 4.72 Å². The lowest BCUT2D eigenvalue weighted by Crippen LogP contribution is -2.39. The highest BCUT2D eigenvalue weighted by Crippen LogP contribution is 2.30. The Morgan fingerprint density at radius 2 is 1.74 bits per heavy atom. The maximum absolute atomic E-state index is 12.6. The van der Waals surface area contributed by atoms with Gasteiger partial charge >= 0.3 is 12.1 Å². The molecule has 1 aromatic rings. The summed E-state index contributed by atoms with van der Waals surface area (Å²) in [6.07, 6.45) is -4.46. The zero-order valence-electron chi connectivity index (χ0n) is 13.4. The topological polar surface area (TPSA) is 55.4 Å². The molecule has 23 heavy (non-hydrogen) atoms. The number of alkyl halides is 3. The number of hydrogen-bond acceptors (Lipinski definition) is 3. The van der Waals surface area contributed by atoms with Gasteiger partial charge in [0.15, 0.2) is 0 Å². The SMILES string of the molecule is CCOC(=O)[C@H](N[S@](=O)C(C)(C)C)c1ccc(C(F)(F)F)cc1. The molecule has 4 nitrogen and oxygen atoms in total. The highest BCUT2D eigenvalue weighted by molar-refractivity contribution is 7.84. The fourth-order valence-electron chi connectivity index (χ4n) is 1.63. The lowest BCUT2D eigenvalue weighted by atomic mass is 10.1. The van der Waals surface area contributed by atoms with Gasteiger partial charge in [0.2, 0.25) is 0 Å². The zero-order chi connectivity index (χ0) is 17.8. The molecule has 130 valence electrons. The molecule has 1 N–H and O–H groups in total. The highest BCUT2D eigenvalue weighted by Gasteiger charge is 2.32. The van der Waals surface area contributed by atoms with Gasteiger partial charge in [-0.05, 0) is 45.4 Å². The van der Waals surface area contributed by atoms with Crippen molar-refractivity contribution < 1.29 is 26.9 Å². The zero-order valence-corrected chi connectivity index (χ0v) is 14.2. The highest BCUT2D eigenvalue weighted by atomic mass is 32.2. The number of halogens is 3. The van der Waals surface area contributed by atoms with E-state index in [0.717, 1.165) is 12.1 Å². The van der Waals surface area contributed by atoms with Gasteiger partial charge in [-0.2, -0.15) is 13.2 Å². The summed E-state index contributed by atoms with van der Waals surface area (Å²) >= 11 is 0. The fraction of sp³-hybridized carbons (Fsp3) is 0.533. The number of rotatable bonds is 5. The number of esters is 1. The number of benzene rings is 1. The quantitative estimate of drug-likeness (QED) is 0.828. The number of ether oxygens (including phenoxy) is 1. The van der Waals surface area contributed by atoms with E-state index in [0.29, 0.717) is 0 Å². The van der Waals surface area contributed by atoms with Crippen LogP contribution in [0.25, 0.3) is 0 Å². The lowest BCUT2D eigenvalue weighted by molar-refractivity contribution is -0.145. The summed E-state index contributed by atoms with van der Waals surface area (Å²) in [6, 6.07) is 3.01. The van der Waals surface area contributed by atoms with Crippen LogP contribution in [0.15, 0.2) is 24.3 Å². The smallest absolute Gasteiger partial charge is 0.416 e. The summed E-state index contributed by atoms with van der Waals surface area (Å²) in [5.41, 5.74) is -0.560. The summed E-state index contributed by atoms with van der Waals surface area (Å²) in [5.74, 6) is -0.690. The molecule has 0 aliphatic rings. The Hall–Kier alpha value is -1.41. The van der Waals surface area contributed by atoms with E-state index in [1.54, 1.807) is 27.7 Å². The minimum atomic E-state index is -4.46. The molecule has 0 fully saturated rings. The van der Waals surface area contributed by atoms with Gasteiger partial charge in [0.05, 0.1) is 27.9 Å². The van der Waals surface area contributed by atoms with Gasteiger partial charge in [0.25, 0.3) is 0 Å². The van der Waals surface area contributed by atoms with Crippen LogP contribution in [0.3, 0.4) is 0 Å². The van der Waals surface area contributed by atoms with Crippen LogP contribution in [0.1, 0.15) is 44.9 Å². The van der Waals surface area contributed by atoms with Gasteiger partial charge in [0.1, 0.15) is 6.04 Å². The molecule has 0 bridgehead atoms. The molecule has 1 rings (SSSR count). The van der Waals surface area contributed by atoms with Crippen LogP contribution >= 0.6 is 0 Å². The standard InChI is InChI=1S/C15H20F3NO3S/c1-5-22-13(20)12(19-23(21)14(2,3)4)10-6-8-11(9-7-10)15(16,17)18/h6-9,12,19H,5H2,1-4H3/t12-,23-/m1/s1. The largest absolute Gasteiger partial charge is 0.465 e. The van der Waals surface area contributed by atoms with E-state index in [4.69, 9.17) is 4.74 Å². The first kappa shape index (κ1) is 19.6. The molecule has 0 saturated carbocycles. The molecule has 0 radical (unpaired) electrons. The second-order valence-electron chi connectivity index (χ2n) is 5.80. The van der Waals surface area contributed by atoms with E-state index < -0.39 is 39.5 Å². The number of nitrogens with one attached hydrogen (secondary N) is 1. The minimum absolute atomic E-state index is 0.111. The van der Waals surface area contributed by atoms with E-state index in [9.17, 15) is 22.2 Å². The maximum Gasteiger partial charge on any atom is 0.416 e. The predicted octanol–water partition coefficient (Wildman–Crippen LogP) is 3.36. The molecule has 0 aliphatic carbocycles. The summed E-state index contributed by atoms with van der Waals surface area (Å²) in [7, 11) is -1.59. The number of carbonyl (C=O) groups excluding carboxylic acids is 1. The van der Waals surface area contributed by atoms with E-state index in [-0.39, 0.29) is 12.2 Å². The van der Waals surface area contributed by atoms with Gasteiger partial charge in [-0.15, -0.1) is 0 Å². The van der Waals surface area contributed by atoms with Gasteiger partial charge in [-0.25, -0.2) is 13.7 Å². The Labute approximate surface area is 136 Å². The maximum atomic E-state index is 12.6. The van der Waals surface area contributed by atoms with Gasteiger partial charge in [-0.1, -0.05) is 12.1 Å². The van der Waals surface area contributed by atoms with Gasteiger partial charge in [-0.3, -0.25) is 0 Å². The monoisotopic (exact) mass is 351 g/mol. The van der Waals surface area contributed by atoms with Crippen LogP contribution in [-0.4, -0.2) is 21.5 Å². The van der Waals surface area contributed by atoms with Crippen LogP contribution in [0, 0.1) is 0 Å². The van der Waals surface area contributed by atoms with Crippen molar-refractivity contribution in [3.05, 3.63) is 35.4 Å². The molecule has 0 heterocycles. The van der Waals surface area contributed by atoms with Crippen molar-refractivity contribution in [3.63, 3.8) is 0 Å². The van der Waals surface area contributed by atoms with E-state index in [1.165, 1.54) is 12.1 Å². The number of carbonyl (C=O) groups is 1. The normalized spacial score (nSPS) is 15.1. The molecule has 8 heteroatoms. The molecule has 2 atom stereocenters. The first-order valence-electron chi connectivity index (χ1n) is 6.98. The Morgan fingerprint density at radius 3 is 2.13 bits per heavy atom. The molecule has 0 amide bonds. The van der Waals surface area contributed by atoms with Crippen LogP contribution in [0.5, 0.6) is 0 Å². The van der Waals surface area contributed by atoms with Crippen molar-refractivity contribution in [2.24, 2.45) is 0 Å². The average molecular weight is 351 g/mol. The molecule has 1 aromatic carbocycles. The third-order valence-electron chi connectivity index (χ3n) is 2.87. The second kappa shape index (κ2) is 7.44. The molecule has 0 spiro atoms. The van der Waals surface area contributed by atoms with Gasteiger partial charge < -0.3 is 4.74 Å². The first-order valence-corrected chi connectivity index (χ1v) is 8.13. The third kappa shape index (κ3) is 5.62. The fourth-order valence-corrected chi connectivity index (χ4v) is 2.43. The average Bonchev–Trinajstić information content (AvgIpc) is 2.42. The Bertz CT molecular complexity index is 565. The molecule has 0 unspecified atom stereocenters. The summed E-state index contributed by atoms with van der Waals surface area (Å²) < 4.78 is 56.9. The molecule has 0 aromatic heterocycles. The van der Waals surface area contributed by atoms with Crippen LogP contribution in [0.2, 0.25) is 0 Å². The van der Waals surface area contributed by atoms with Crippen LogP contribution in [-0.2, 0) is 26.7 Å². The third-order valence-corrected chi connectivity index (χ3v) is 4.44.